The summed E-state index contributed by atoms with van der Waals surface area (Å²) in [6.07, 6.45) is -21.4. The fourth-order valence-electron chi connectivity index (χ4n) is 17.6. The largest absolute Gasteiger partial charge is 0.463 e. The van der Waals surface area contributed by atoms with Crippen LogP contribution in [-0.4, -0.2) is 361 Å². The van der Waals surface area contributed by atoms with Crippen molar-refractivity contribution < 1.29 is 230 Å². The van der Waals surface area contributed by atoms with Gasteiger partial charge in [0.2, 0.25) is 47.3 Å². The van der Waals surface area contributed by atoms with E-state index < -0.39 is 267 Å². The topological polar surface area (TPSA) is 602 Å². The first kappa shape index (κ1) is 127. The Morgan fingerprint density at radius 2 is 0.533 bits per heavy atom. The first-order valence-corrected chi connectivity index (χ1v) is 49.5. The van der Waals surface area contributed by atoms with Gasteiger partial charge in [0.1, 0.15) is 81.1 Å². The van der Waals surface area contributed by atoms with Gasteiger partial charge in [-0.2, -0.15) is 0 Å². The van der Waals surface area contributed by atoms with Crippen LogP contribution in [0.3, 0.4) is 0 Å². The number of benzene rings is 3. The fourth-order valence-corrected chi connectivity index (χ4v) is 17.6. The van der Waals surface area contributed by atoms with Gasteiger partial charge in [0.25, 0.3) is 0 Å². The Hall–Kier alpha value is -11.4. The maximum Gasteiger partial charge on any atom is 0.303 e. The van der Waals surface area contributed by atoms with Crippen molar-refractivity contribution in [3.05, 3.63) is 108 Å². The molecular formula is C101H143AcN9O39. The van der Waals surface area contributed by atoms with Gasteiger partial charge in [0.15, 0.2) is 67.9 Å². The SMILES string of the molecule is CC(=O)NC1[C@H](OCCCCC(=O)N(CCNC(=O)CCCCO[C@@H]2OC(COC(C)=O)[C@H](OC(C)=O)[C@H](OC(C)=O)C2NC(C)=O)CCN(CCN(CCNC(=O)CCCCO[C@@H]2OC(COC(C)=O)[C@H](OC(C)=O)[C@H](OC(C)=O)C2NC(C)=O)C(=O)CCCCO[C@@H]2OC(COC(C)=O)[C@H](OC(C)=O)[C@H](OC(C)=O)C2NC(C)=O)C(c2ccccc2)(c2ccccc2)c2ccccc2)OC(COC(C)=O)[C@H](O)[C@@H]1OC(C)=O.[Ac]. The zero-order chi connectivity index (χ0) is 110. The Morgan fingerprint density at radius 1 is 0.293 bits per heavy atom. The van der Waals surface area contributed by atoms with E-state index in [4.69, 9.17) is 90.0 Å². The Morgan fingerprint density at radius 3 is 0.793 bits per heavy atom. The van der Waals surface area contributed by atoms with Crippen LogP contribution >= 0.6 is 0 Å². The van der Waals surface area contributed by atoms with E-state index in [1.54, 1.807) is 9.80 Å². The van der Waals surface area contributed by atoms with Gasteiger partial charge >= 0.3 is 65.7 Å². The molecule has 4 fully saturated rings. The zero-order valence-corrected chi connectivity index (χ0v) is 92.1. The Labute approximate surface area is 905 Å². The molecule has 20 atom stereocenters. The van der Waals surface area contributed by atoms with Crippen molar-refractivity contribution in [1.29, 1.82) is 0 Å². The third-order valence-corrected chi connectivity index (χ3v) is 23.7. The number of amides is 8. The molecule has 0 saturated carbocycles. The maximum atomic E-state index is 15.5. The second-order valence-electron chi connectivity index (χ2n) is 35.9. The molecule has 4 aliphatic heterocycles. The molecule has 0 bridgehead atoms. The van der Waals surface area contributed by atoms with Gasteiger partial charge in [-0.05, 0) is 68.1 Å². The van der Waals surface area contributed by atoms with E-state index in [0.29, 0.717) is 0 Å². The van der Waals surface area contributed by atoms with Gasteiger partial charge in [-0.25, -0.2) is 0 Å². The van der Waals surface area contributed by atoms with E-state index in [0.717, 1.165) is 92.9 Å². The molecule has 3 aromatic rings. The normalized spacial score (nSPS) is 23.3. The molecule has 0 aliphatic carbocycles. The average molecular weight is 2330 g/mol. The van der Waals surface area contributed by atoms with Crippen LogP contribution in [0.1, 0.15) is 198 Å². The number of aliphatic hydroxyl groups excluding tert-OH is 1. The Kier molecular flexibility index (Phi) is 55.8. The standard InChI is InChI=1S/C101H143N9O39.Ac/c1-59(111)104-85-93(142-70(12)122)89(130)77(55-135-63(5)115)146-97(85)131-53-31-27-41-83(128)108(45-43-102-81(126)39-25-29-51-132-98-86(105-60(2)112)94(143-71(13)123)90(139-67(9)119)78(147-98)56-136-64(6)116)47-49-110(101(74-33-19-16-20-34-74,75-35-21-17-22-36-75)76-37-23-18-24-38-76)50-48-109(84(129)42-28-32-54-134-100-88(107-62(4)114)96(145-73(15)125)92(141-69(11)121)80(149-100)58-138-66(8)118)46-44-103-82(127)40-26-30-52-133-99-87(106-61(3)113)95(144-72(14)124)91(140-68(10)120)79(148-99)57-137-65(7)117;/h16-24,33-38,77-80,85-100,130H,25-32,39-58H2,1-15H3,(H,102,126)(H,103,127)(H,104,111)(H,105,112)(H,106,113)(H,107,114);/t77?,78?,79?,80?,85?,86?,87?,88?,89-,90-,91-,92-,93+,94+,95+,96+,97+,98+,99+,100+;/m0./s1. The number of unbranched alkanes of at least 4 members (excludes halogenated alkanes) is 4. The molecule has 3 aromatic carbocycles. The minimum Gasteiger partial charge on any atom is -0.463 e. The summed E-state index contributed by atoms with van der Waals surface area (Å²) in [5.74, 6) is -12.8. The van der Waals surface area contributed by atoms with Gasteiger partial charge in [-0.1, -0.05) is 91.0 Å². The summed E-state index contributed by atoms with van der Waals surface area (Å²) in [5.41, 5.74) is 0.909. The van der Waals surface area contributed by atoms with Crippen molar-refractivity contribution in [2.24, 2.45) is 0 Å². The third kappa shape index (κ3) is 42.7. The van der Waals surface area contributed by atoms with Gasteiger partial charge in [-0.15, -0.1) is 0 Å². The number of nitrogens with zero attached hydrogens (tertiary/aromatic N) is 3. The average Bonchev–Trinajstić information content (AvgIpc) is 0.734. The quantitative estimate of drug-likeness (QED) is 0.0184. The number of rotatable bonds is 59. The molecule has 150 heavy (non-hydrogen) atoms. The summed E-state index contributed by atoms with van der Waals surface area (Å²) in [5, 5.41) is 27.9. The number of ether oxygens (including phenoxy) is 19. The van der Waals surface area contributed by atoms with Crippen LogP contribution in [0.4, 0.5) is 0 Å². The van der Waals surface area contributed by atoms with Crippen molar-refractivity contribution in [1.82, 2.24) is 46.6 Å². The van der Waals surface area contributed by atoms with Gasteiger partial charge < -0.3 is 137 Å². The van der Waals surface area contributed by atoms with Crippen LogP contribution in [0.5, 0.6) is 0 Å². The molecule has 7 rings (SSSR count). The molecule has 7 N–H and O–H groups in total. The second-order valence-corrected chi connectivity index (χ2v) is 35.9. The number of carbonyl (C=O) groups is 19. The van der Waals surface area contributed by atoms with Crippen molar-refractivity contribution >= 4 is 113 Å². The summed E-state index contributed by atoms with van der Waals surface area (Å²) < 4.78 is 109. The van der Waals surface area contributed by atoms with Crippen molar-refractivity contribution in [2.45, 2.75) is 309 Å². The van der Waals surface area contributed by atoms with Crippen LogP contribution in [0.2, 0.25) is 0 Å². The van der Waals surface area contributed by atoms with Gasteiger partial charge in [0.05, 0.1) is 5.54 Å². The van der Waals surface area contributed by atoms with Gasteiger partial charge in [-0.3, -0.25) is 96.0 Å². The van der Waals surface area contributed by atoms with Crippen LogP contribution in [0, 0.1) is 44.1 Å². The van der Waals surface area contributed by atoms with Crippen molar-refractivity contribution in [2.75, 3.05) is 105 Å². The summed E-state index contributed by atoms with van der Waals surface area (Å²) in [4.78, 5) is 252. The molecule has 829 valence electrons. The minimum atomic E-state index is -1.62. The van der Waals surface area contributed by atoms with Crippen LogP contribution in [-0.2, 0) is 187 Å². The summed E-state index contributed by atoms with van der Waals surface area (Å²) in [7, 11) is 0. The van der Waals surface area contributed by atoms with E-state index in [9.17, 15) is 86.6 Å². The molecule has 8 amide bonds. The minimum absolute atomic E-state index is 0. The fraction of sp³-hybridized carbons (Fsp3) is 0.634. The molecule has 0 spiro atoms. The number of esters is 11. The molecule has 4 saturated heterocycles. The molecule has 48 nitrogen and oxygen atoms in total. The number of carbonyl (C=O) groups excluding carboxylic acids is 19. The monoisotopic (exact) mass is 2330 g/mol. The van der Waals surface area contributed by atoms with E-state index in [-0.39, 0.29) is 200 Å². The van der Waals surface area contributed by atoms with Crippen LogP contribution in [0.25, 0.3) is 0 Å². The number of aliphatic hydroxyl groups is 1. The third-order valence-electron chi connectivity index (χ3n) is 23.7. The summed E-state index contributed by atoms with van der Waals surface area (Å²) >= 11 is 0. The zero-order valence-electron chi connectivity index (χ0n) is 87.4. The summed E-state index contributed by atoms with van der Waals surface area (Å²) in [6.45, 7) is 13.8. The van der Waals surface area contributed by atoms with E-state index in [1.165, 1.54) is 27.7 Å². The molecule has 49 heteroatoms. The Bertz CT molecular complexity index is 4820. The van der Waals surface area contributed by atoms with Gasteiger partial charge in [0, 0.05) is 252 Å². The van der Waals surface area contributed by atoms with Crippen LogP contribution in [0.15, 0.2) is 91.0 Å². The number of hydrogen-bond acceptors (Lipinski definition) is 40. The second kappa shape index (κ2) is 65.8. The smallest absolute Gasteiger partial charge is 0.303 e. The molecule has 8 unspecified atom stereocenters. The number of nitrogens with one attached hydrogen (secondary N) is 6. The van der Waals surface area contributed by atoms with Crippen molar-refractivity contribution in [3.63, 3.8) is 0 Å². The molecular weight excluding hydrogens is 2190 g/mol. The first-order chi connectivity index (χ1) is 70.9. The predicted molar refractivity (Wildman–Crippen MR) is 516 cm³/mol. The first-order valence-electron chi connectivity index (χ1n) is 49.5. The molecule has 4 aliphatic rings. The molecule has 0 aromatic heterocycles. The van der Waals surface area contributed by atoms with Crippen LogP contribution < -0.4 is 31.9 Å². The molecule has 4 heterocycles. The number of hydrogen-bond donors (Lipinski definition) is 7. The predicted octanol–water partition coefficient (Wildman–Crippen LogP) is 1.97. The van der Waals surface area contributed by atoms with E-state index in [1.807, 2.05) is 91.0 Å². The summed E-state index contributed by atoms with van der Waals surface area (Å²) in [6, 6.07) is 23.4. The molecule has 1 radical (unpaired) electrons. The Balaban J connectivity index is 0.0000343. The van der Waals surface area contributed by atoms with E-state index in [2.05, 4.69) is 36.8 Å². The van der Waals surface area contributed by atoms with E-state index >= 15 is 9.59 Å². The maximum absolute atomic E-state index is 15.5. The van der Waals surface area contributed by atoms with Crippen molar-refractivity contribution in [3.8, 4) is 0 Å².